The Morgan fingerprint density at radius 3 is 3.00 bits per heavy atom. The van der Waals surface area contributed by atoms with Crippen molar-refractivity contribution in [2.45, 2.75) is 19.4 Å². The molecule has 0 saturated heterocycles. The summed E-state index contributed by atoms with van der Waals surface area (Å²) >= 11 is 11.2. The van der Waals surface area contributed by atoms with Crippen LogP contribution in [0, 0.1) is 10.6 Å². The van der Waals surface area contributed by atoms with Gasteiger partial charge >= 0.3 is 0 Å². The Kier molecular flexibility index (Phi) is 3.40. The highest BCUT2D eigenvalue weighted by Gasteiger charge is 2.15. The zero-order chi connectivity index (χ0) is 14.3. The highest BCUT2D eigenvalue weighted by molar-refractivity contribution is 7.71. The molecule has 20 heavy (non-hydrogen) atoms. The van der Waals surface area contributed by atoms with Gasteiger partial charge in [0.2, 0.25) is 0 Å². The maximum absolute atomic E-state index is 13.5. The molecule has 0 saturated carbocycles. The van der Waals surface area contributed by atoms with Gasteiger partial charge in [0.25, 0.3) is 0 Å². The van der Waals surface area contributed by atoms with E-state index in [2.05, 4.69) is 4.98 Å². The minimum atomic E-state index is -0.457. The maximum Gasteiger partial charge on any atom is 0.178 e. The molecule has 1 unspecified atom stereocenters. The van der Waals surface area contributed by atoms with E-state index < -0.39 is 5.82 Å². The standard InChI is InChI=1S/C14H12ClFN2OS/c1-8(5-9-3-2-4-19-9)18-13-6-10(15)11(16)7-12(13)17-14(18)20/h2-4,6-8H,5H2,1H3,(H,17,20). The molecule has 3 rings (SSSR count). The molecule has 1 aromatic carbocycles. The van der Waals surface area contributed by atoms with Gasteiger partial charge < -0.3 is 14.0 Å². The molecule has 0 radical (unpaired) electrons. The van der Waals surface area contributed by atoms with Crippen LogP contribution < -0.4 is 0 Å². The zero-order valence-corrected chi connectivity index (χ0v) is 12.3. The molecule has 0 amide bonds. The first kappa shape index (κ1) is 13.4. The number of hydrogen-bond acceptors (Lipinski definition) is 2. The van der Waals surface area contributed by atoms with E-state index in [0.717, 1.165) is 11.3 Å². The highest BCUT2D eigenvalue weighted by atomic mass is 35.5. The summed E-state index contributed by atoms with van der Waals surface area (Å²) < 4.78 is 21.3. The number of hydrogen-bond donors (Lipinski definition) is 1. The van der Waals surface area contributed by atoms with Crippen LogP contribution in [-0.2, 0) is 6.42 Å². The van der Waals surface area contributed by atoms with Crippen LogP contribution in [0.4, 0.5) is 4.39 Å². The number of nitrogens with one attached hydrogen (secondary N) is 1. The van der Waals surface area contributed by atoms with Crippen molar-refractivity contribution in [3.8, 4) is 0 Å². The summed E-state index contributed by atoms with van der Waals surface area (Å²) in [4.78, 5) is 3.00. The number of rotatable bonds is 3. The van der Waals surface area contributed by atoms with Crippen LogP contribution in [0.2, 0.25) is 5.02 Å². The Morgan fingerprint density at radius 2 is 2.30 bits per heavy atom. The summed E-state index contributed by atoms with van der Waals surface area (Å²) in [5.41, 5.74) is 1.43. The van der Waals surface area contributed by atoms with Crippen molar-refractivity contribution in [3.63, 3.8) is 0 Å². The lowest BCUT2D eigenvalue weighted by molar-refractivity contribution is 0.452. The molecule has 0 spiro atoms. The number of fused-ring (bicyclic) bond motifs is 1. The number of aromatic nitrogens is 2. The summed E-state index contributed by atoms with van der Waals surface area (Å²) in [6.07, 6.45) is 2.34. The molecule has 0 aliphatic rings. The van der Waals surface area contributed by atoms with Gasteiger partial charge in [-0.3, -0.25) is 0 Å². The minimum Gasteiger partial charge on any atom is -0.469 e. The quantitative estimate of drug-likeness (QED) is 0.699. The van der Waals surface area contributed by atoms with Crippen molar-refractivity contribution in [3.05, 3.63) is 51.9 Å². The average molecular weight is 311 g/mol. The third-order valence-electron chi connectivity index (χ3n) is 3.28. The van der Waals surface area contributed by atoms with Gasteiger partial charge in [-0.2, -0.15) is 0 Å². The second-order valence-electron chi connectivity index (χ2n) is 4.72. The Labute approximate surface area is 125 Å². The van der Waals surface area contributed by atoms with E-state index in [0.29, 0.717) is 16.7 Å². The Morgan fingerprint density at radius 1 is 1.50 bits per heavy atom. The predicted octanol–water partition coefficient (Wildman–Crippen LogP) is 4.89. The van der Waals surface area contributed by atoms with Crippen LogP contribution in [0.25, 0.3) is 11.0 Å². The molecule has 3 nitrogen and oxygen atoms in total. The highest BCUT2D eigenvalue weighted by Crippen LogP contribution is 2.26. The van der Waals surface area contributed by atoms with Crippen molar-refractivity contribution in [1.29, 1.82) is 0 Å². The van der Waals surface area contributed by atoms with Crippen LogP contribution >= 0.6 is 23.8 Å². The first-order valence-corrected chi connectivity index (χ1v) is 6.96. The van der Waals surface area contributed by atoms with Crippen molar-refractivity contribution < 1.29 is 8.81 Å². The lowest BCUT2D eigenvalue weighted by atomic mass is 10.2. The van der Waals surface area contributed by atoms with E-state index in [-0.39, 0.29) is 11.1 Å². The van der Waals surface area contributed by atoms with Gasteiger partial charge in [-0.25, -0.2) is 4.39 Å². The molecule has 1 N–H and O–H groups in total. The normalized spacial score (nSPS) is 12.9. The molecule has 0 aliphatic carbocycles. The summed E-state index contributed by atoms with van der Waals surface area (Å²) in [6.45, 7) is 2.03. The monoisotopic (exact) mass is 310 g/mol. The summed E-state index contributed by atoms with van der Waals surface area (Å²) in [7, 11) is 0. The van der Waals surface area contributed by atoms with E-state index in [1.165, 1.54) is 6.07 Å². The van der Waals surface area contributed by atoms with Gasteiger partial charge in [0.05, 0.1) is 22.3 Å². The Hall–Kier alpha value is -1.59. The molecule has 2 aromatic heterocycles. The lowest BCUT2D eigenvalue weighted by Crippen LogP contribution is -2.08. The van der Waals surface area contributed by atoms with E-state index in [4.69, 9.17) is 28.2 Å². The van der Waals surface area contributed by atoms with Crippen molar-refractivity contribution in [1.82, 2.24) is 9.55 Å². The zero-order valence-electron chi connectivity index (χ0n) is 10.7. The second kappa shape index (κ2) is 5.07. The molecule has 6 heteroatoms. The number of aromatic amines is 1. The van der Waals surface area contributed by atoms with Gasteiger partial charge in [-0.1, -0.05) is 11.6 Å². The fourth-order valence-corrected chi connectivity index (χ4v) is 2.92. The van der Waals surface area contributed by atoms with Crippen LogP contribution in [-0.4, -0.2) is 9.55 Å². The molecular formula is C14H12ClFN2OS. The van der Waals surface area contributed by atoms with E-state index in [9.17, 15) is 4.39 Å². The summed E-state index contributed by atoms with van der Waals surface area (Å²) in [5.74, 6) is 0.420. The minimum absolute atomic E-state index is 0.0731. The van der Waals surface area contributed by atoms with Gasteiger partial charge in [-0.05, 0) is 37.3 Å². The molecule has 104 valence electrons. The third-order valence-corrected chi connectivity index (χ3v) is 3.86. The Balaban J connectivity index is 2.08. The predicted molar refractivity (Wildman–Crippen MR) is 79.2 cm³/mol. The lowest BCUT2D eigenvalue weighted by Gasteiger charge is -2.13. The number of imidazole rings is 1. The molecule has 2 heterocycles. The topological polar surface area (TPSA) is 33.9 Å². The second-order valence-corrected chi connectivity index (χ2v) is 5.51. The smallest absolute Gasteiger partial charge is 0.178 e. The number of benzene rings is 1. The van der Waals surface area contributed by atoms with Crippen molar-refractivity contribution in [2.24, 2.45) is 0 Å². The molecule has 1 atom stereocenters. The molecular weight excluding hydrogens is 299 g/mol. The van der Waals surface area contributed by atoms with Gasteiger partial charge in [0.1, 0.15) is 11.6 Å². The fourth-order valence-electron chi connectivity index (χ4n) is 2.37. The average Bonchev–Trinajstić information content (AvgIpc) is 2.97. The number of halogens is 2. The largest absolute Gasteiger partial charge is 0.469 e. The van der Waals surface area contributed by atoms with Crippen molar-refractivity contribution >= 4 is 34.9 Å². The number of furan rings is 1. The van der Waals surface area contributed by atoms with E-state index >= 15 is 0 Å². The van der Waals surface area contributed by atoms with Gasteiger partial charge in [-0.15, -0.1) is 0 Å². The molecule has 0 bridgehead atoms. The number of H-pyrrole nitrogens is 1. The molecule has 0 aliphatic heterocycles. The number of nitrogens with zero attached hydrogens (tertiary/aromatic N) is 1. The van der Waals surface area contributed by atoms with Gasteiger partial charge in [0.15, 0.2) is 4.77 Å². The van der Waals surface area contributed by atoms with E-state index in [1.807, 2.05) is 23.6 Å². The SMILES string of the molecule is CC(Cc1ccco1)n1c(=S)[nH]c2cc(F)c(Cl)cc21. The molecule has 0 fully saturated rings. The fraction of sp³-hybridized carbons (Fsp3) is 0.214. The first-order valence-electron chi connectivity index (χ1n) is 6.18. The van der Waals surface area contributed by atoms with Crippen LogP contribution in [0.3, 0.4) is 0 Å². The summed E-state index contributed by atoms with van der Waals surface area (Å²) in [5, 5.41) is 0.0884. The van der Waals surface area contributed by atoms with E-state index in [1.54, 1.807) is 12.3 Å². The first-order chi connectivity index (χ1) is 9.56. The third kappa shape index (κ3) is 2.27. The summed E-state index contributed by atoms with van der Waals surface area (Å²) in [6, 6.07) is 6.80. The maximum atomic E-state index is 13.5. The Bertz CT molecular complexity index is 807. The van der Waals surface area contributed by atoms with Crippen LogP contribution in [0.15, 0.2) is 34.9 Å². The van der Waals surface area contributed by atoms with Crippen LogP contribution in [0.5, 0.6) is 0 Å². The van der Waals surface area contributed by atoms with Crippen LogP contribution in [0.1, 0.15) is 18.7 Å². The van der Waals surface area contributed by atoms with Crippen molar-refractivity contribution in [2.75, 3.05) is 0 Å². The molecule has 3 aromatic rings. The van der Waals surface area contributed by atoms with Gasteiger partial charge in [0, 0.05) is 18.5 Å².